The SMILES string of the molecule is CC(NC(=O)N1CC(CC(=O)O)C1)c1ccccn1. The topological polar surface area (TPSA) is 82.5 Å². The normalized spacial score (nSPS) is 16.6. The molecule has 19 heavy (non-hydrogen) atoms. The van der Waals surface area contributed by atoms with Crippen molar-refractivity contribution in [2.45, 2.75) is 19.4 Å². The maximum absolute atomic E-state index is 11.9. The Morgan fingerprint density at radius 3 is 2.84 bits per heavy atom. The molecule has 0 aromatic carbocycles. The molecular formula is C13H17N3O3. The predicted molar refractivity (Wildman–Crippen MR) is 68.5 cm³/mol. The predicted octanol–water partition coefficient (Wildman–Crippen LogP) is 1.26. The van der Waals surface area contributed by atoms with Crippen LogP contribution in [0.4, 0.5) is 4.79 Å². The molecule has 2 amide bonds. The third-order valence-corrected chi connectivity index (χ3v) is 3.18. The van der Waals surface area contributed by atoms with Crippen molar-refractivity contribution in [3.63, 3.8) is 0 Å². The monoisotopic (exact) mass is 263 g/mol. The first-order valence-corrected chi connectivity index (χ1v) is 6.24. The van der Waals surface area contributed by atoms with Gasteiger partial charge in [0.05, 0.1) is 18.2 Å². The summed E-state index contributed by atoms with van der Waals surface area (Å²) in [4.78, 5) is 28.2. The molecule has 1 aliphatic heterocycles. The minimum absolute atomic E-state index is 0.0772. The molecule has 1 saturated heterocycles. The Balaban J connectivity index is 1.78. The summed E-state index contributed by atoms with van der Waals surface area (Å²) in [6.45, 7) is 2.88. The Labute approximate surface area is 111 Å². The quantitative estimate of drug-likeness (QED) is 0.856. The lowest BCUT2D eigenvalue weighted by Gasteiger charge is -2.39. The number of nitrogens with zero attached hydrogens (tertiary/aromatic N) is 2. The highest BCUT2D eigenvalue weighted by atomic mass is 16.4. The van der Waals surface area contributed by atoms with Crippen molar-refractivity contribution in [1.82, 2.24) is 15.2 Å². The van der Waals surface area contributed by atoms with Crippen molar-refractivity contribution in [3.05, 3.63) is 30.1 Å². The van der Waals surface area contributed by atoms with Crippen molar-refractivity contribution in [3.8, 4) is 0 Å². The molecule has 6 heteroatoms. The molecule has 2 heterocycles. The number of amides is 2. The molecule has 0 saturated carbocycles. The number of likely N-dealkylation sites (tertiary alicyclic amines) is 1. The Morgan fingerprint density at radius 1 is 1.53 bits per heavy atom. The van der Waals surface area contributed by atoms with E-state index in [9.17, 15) is 9.59 Å². The van der Waals surface area contributed by atoms with Gasteiger partial charge in [0.25, 0.3) is 0 Å². The molecule has 102 valence electrons. The minimum atomic E-state index is -0.813. The van der Waals surface area contributed by atoms with Gasteiger partial charge in [0, 0.05) is 25.2 Å². The summed E-state index contributed by atoms with van der Waals surface area (Å²) in [7, 11) is 0. The molecule has 0 spiro atoms. The molecule has 6 nitrogen and oxygen atoms in total. The number of urea groups is 1. The highest BCUT2D eigenvalue weighted by molar-refractivity contribution is 5.76. The number of carbonyl (C=O) groups is 2. The maximum atomic E-state index is 11.9. The van der Waals surface area contributed by atoms with E-state index in [0.29, 0.717) is 13.1 Å². The fraction of sp³-hybridized carbons (Fsp3) is 0.462. The molecule has 1 aromatic rings. The first kappa shape index (κ1) is 13.3. The van der Waals surface area contributed by atoms with Gasteiger partial charge in [-0.05, 0) is 19.1 Å². The summed E-state index contributed by atoms with van der Waals surface area (Å²) in [5.41, 5.74) is 0.804. The Hall–Kier alpha value is -2.11. The van der Waals surface area contributed by atoms with Gasteiger partial charge < -0.3 is 15.3 Å². The van der Waals surface area contributed by atoms with Crippen LogP contribution in [0, 0.1) is 5.92 Å². The van der Waals surface area contributed by atoms with E-state index >= 15 is 0 Å². The summed E-state index contributed by atoms with van der Waals surface area (Å²) in [6, 6.07) is 5.22. The van der Waals surface area contributed by atoms with E-state index in [1.165, 1.54) is 0 Å². The number of nitrogens with one attached hydrogen (secondary N) is 1. The second-order valence-corrected chi connectivity index (χ2v) is 4.79. The fourth-order valence-corrected chi connectivity index (χ4v) is 2.09. The lowest BCUT2D eigenvalue weighted by atomic mass is 9.97. The van der Waals surface area contributed by atoms with Gasteiger partial charge in [-0.15, -0.1) is 0 Å². The lowest BCUT2D eigenvalue weighted by molar-refractivity contribution is -0.139. The van der Waals surface area contributed by atoms with E-state index in [1.807, 2.05) is 25.1 Å². The Kier molecular flexibility index (Phi) is 3.99. The molecule has 1 fully saturated rings. The van der Waals surface area contributed by atoms with E-state index in [2.05, 4.69) is 10.3 Å². The van der Waals surface area contributed by atoms with Crippen LogP contribution in [-0.4, -0.2) is 40.1 Å². The van der Waals surface area contributed by atoms with Crippen molar-refractivity contribution >= 4 is 12.0 Å². The third-order valence-electron chi connectivity index (χ3n) is 3.18. The van der Waals surface area contributed by atoms with Gasteiger partial charge in [-0.1, -0.05) is 6.07 Å². The minimum Gasteiger partial charge on any atom is -0.481 e. The summed E-state index contributed by atoms with van der Waals surface area (Å²) >= 11 is 0. The highest BCUT2D eigenvalue weighted by Gasteiger charge is 2.32. The van der Waals surface area contributed by atoms with E-state index in [0.717, 1.165) is 5.69 Å². The van der Waals surface area contributed by atoms with Crippen molar-refractivity contribution in [2.75, 3.05) is 13.1 Å². The van der Waals surface area contributed by atoms with Crippen molar-refractivity contribution < 1.29 is 14.7 Å². The van der Waals surface area contributed by atoms with Gasteiger partial charge in [-0.3, -0.25) is 9.78 Å². The molecule has 1 atom stereocenters. The van der Waals surface area contributed by atoms with Gasteiger partial charge >= 0.3 is 12.0 Å². The number of carbonyl (C=O) groups excluding carboxylic acids is 1. The molecule has 1 unspecified atom stereocenters. The second kappa shape index (κ2) is 5.69. The van der Waals surface area contributed by atoms with Crippen molar-refractivity contribution in [2.24, 2.45) is 5.92 Å². The number of carboxylic acid groups (broad SMARTS) is 1. The molecule has 0 aliphatic carbocycles. The zero-order chi connectivity index (χ0) is 13.8. The number of pyridine rings is 1. The molecule has 0 bridgehead atoms. The number of hydrogen-bond donors (Lipinski definition) is 2. The molecule has 1 aromatic heterocycles. The number of rotatable bonds is 4. The standard InChI is InChI=1S/C13H17N3O3/c1-9(11-4-2-3-5-14-11)15-13(19)16-7-10(8-16)6-12(17)18/h2-5,9-10H,6-8H2,1H3,(H,15,19)(H,17,18). The average Bonchev–Trinajstić information content (AvgIpc) is 2.33. The molecular weight excluding hydrogens is 246 g/mol. The zero-order valence-electron chi connectivity index (χ0n) is 10.7. The summed E-state index contributed by atoms with van der Waals surface area (Å²) < 4.78 is 0. The van der Waals surface area contributed by atoms with Gasteiger partial charge in [0.15, 0.2) is 0 Å². The van der Waals surface area contributed by atoms with E-state index in [4.69, 9.17) is 5.11 Å². The zero-order valence-corrected chi connectivity index (χ0v) is 10.7. The van der Waals surface area contributed by atoms with E-state index in [1.54, 1.807) is 11.1 Å². The van der Waals surface area contributed by atoms with Gasteiger partial charge in [-0.2, -0.15) is 0 Å². The summed E-state index contributed by atoms with van der Waals surface area (Å²) in [6.07, 6.45) is 1.81. The van der Waals surface area contributed by atoms with Crippen LogP contribution in [-0.2, 0) is 4.79 Å². The highest BCUT2D eigenvalue weighted by Crippen LogP contribution is 2.19. The molecule has 1 aliphatic rings. The Bertz CT molecular complexity index is 457. The van der Waals surface area contributed by atoms with Crippen LogP contribution in [0.2, 0.25) is 0 Å². The summed E-state index contributed by atoms with van der Waals surface area (Å²) in [5, 5.41) is 11.5. The van der Waals surface area contributed by atoms with Crippen LogP contribution in [0.3, 0.4) is 0 Å². The second-order valence-electron chi connectivity index (χ2n) is 4.79. The van der Waals surface area contributed by atoms with Gasteiger partial charge in [0.2, 0.25) is 0 Å². The van der Waals surface area contributed by atoms with Crippen molar-refractivity contribution in [1.29, 1.82) is 0 Å². The first-order valence-electron chi connectivity index (χ1n) is 6.24. The van der Waals surface area contributed by atoms with Crippen LogP contribution in [0.5, 0.6) is 0 Å². The number of carboxylic acids is 1. The summed E-state index contributed by atoms with van der Waals surface area (Å²) in [5.74, 6) is -0.736. The average molecular weight is 263 g/mol. The van der Waals surface area contributed by atoms with Crippen LogP contribution in [0.25, 0.3) is 0 Å². The van der Waals surface area contributed by atoms with Crippen LogP contribution in [0.15, 0.2) is 24.4 Å². The fourth-order valence-electron chi connectivity index (χ4n) is 2.09. The van der Waals surface area contributed by atoms with Crippen LogP contribution in [0.1, 0.15) is 25.1 Å². The van der Waals surface area contributed by atoms with E-state index < -0.39 is 5.97 Å². The molecule has 0 radical (unpaired) electrons. The lowest BCUT2D eigenvalue weighted by Crippen LogP contribution is -2.54. The number of aliphatic carboxylic acids is 1. The smallest absolute Gasteiger partial charge is 0.317 e. The van der Waals surface area contributed by atoms with Gasteiger partial charge in [0.1, 0.15) is 0 Å². The number of aromatic nitrogens is 1. The van der Waals surface area contributed by atoms with Gasteiger partial charge in [-0.25, -0.2) is 4.79 Å². The van der Waals surface area contributed by atoms with Crippen LogP contribution < -0.4 is 5.32 Å². The number of hydrogen-bond acceptors (Lipinski definition) is 3. The Morgan fingerprint density at radius 2 is 2.26 bits per heavy atom. The molecule has 2 rings (SSSR count). The van der Waals surface area contributed by atoms with E-state index in [-0.39, 0.29) is 24.4 Å². The first-order chi connectivity index (χ1) is 9.06. The largest absolute Gasteiger partial charge is 0.481 e. The molecule has 2 N–H and O–H groups in total. The maximum Gasteiger partial charge on any atom is 0.317 e. The van der Waals surface area contributed by atoms with Crippen LogP contribution >= 0.6 is 0 Å². The third kappa shape index (κ3) is 3.43.